The molecule has 2 aromatic rings. The summed E-state index contributed by atoms with van der Waals surface area (Å²) in [5, 5.41) is 32.6. The fraction of sp³-hybridized carbons (Fsp3) is 0.895. The quantitative estimate of drug-likeness (QED) is 0.0155. The number of aliphatic hydroxyl groups excluding tert-OH is 3. The molecule has 0 aromatic carbocycles. The lowest BCUT2D eigenvalue weighted by Crippen LogP contribution is -2.36. The van der Waals surface area contributed by atoms with Gasteiger partial charge in [-0.25, -0.2) is 9.36 Å². The van der Waals surface area contributed by atoms with Crippen LogP contribution in [0.1, 0.15) is 330 Å². The number of imidazole rings is 1. The van der Waals surface area contributed by atoms with Crippen LogP contribution in [0.2, 0.25) is 0 Å². The normalized spacial score (nSPS) is 16.2. The van der Waals surface area contributed by atoms with Crippen molar-refractivity contribution in [3.8, 4) is 0 Å². The van der Waals surface area contributed by atoms with Gasteiger partial charge in [0.25, 0.3) is 5.56 Å². The van der Waals surface area contributed by atoms with Crippen molar-refractivity contribution in [2.75, 3.05) is 71.4 Å². The molecule has 0 spiro atoms. The Bertz CT molecular complexity index is 2310. The second kappa shape index (κ2) is 55.8. The number of ether oxygens (including phenoxy) is 5. The maximum atomic E-state index is 12.9. The first-order valence-corrected chi connectivity index (χ1v) is 39.2. The third-order valence-electron chi connectivity index (χ3n) is 18.9. The molecule has 1 saturated heterocycles. The van der Waals surface area contributed by atoms with Crippen LogP contribution in [0, 0.1) is 17.8 Å². The minimum absolute atomic E-state index is 0.0505. The summed E-state index contributed by atoms with van der Waals surface area (Å²) in [5.74, 6) is 1.90. The van der Waals surface area contributed by atoms with Gasteiger partial charge in [-0.2, -0.15) is 4.98 Å². The Morgan fingerprint density at radius 2 is 0.802 bits per heavy atom. The smallest absolute Gasteiger partial charge is 0.330 e. The highest BCUT2D eigenvalue weighted by atomic mass is 16.6. The molecule has 0 aliphatic carbocycles. The fourth-order valence-corrected chi connectivity index (χ4v) is 12.9. The zero-order chi connectivity index (χ0) is 69.8. The van der Waals surface area contributed by atoms with Crippen LogP contribution >= 0.6 is 0 Å². The summed E-state index contributed by atoms with van der Waals surface area (Å²) >= 11 is 0. The number of aromatic nitrogens is 4. The van der Waals surface area contributed by atoms with E-state index >= 15 is 0 Å². The molecule has 2 aromatic heterocycles. The Hall–Kier alpha value is -3.92. The van der Waals surface area contributed by atoms with Gasteiger partial charge < -0.3 is 54.5 Å². The number of rotatable bonds is 65. The minimum Gasteiger partial charge on any atom is -0.466 e. The van der Waals surface area contributed by atoms with Crippen molar-refractivity contribution in [1.82, 2.24) is 29.3 Å². The van der Waals surface area contributed by atoms with E-state index in [4.69, 9.17) is 29.4 Å². The number of hydrogen-bond acceptors (Lipinski definition) is 17. The molecule has 3 heterocycles. The summed E-state index contributed by atoms with van der Waals surface area (Å²) in [4.78, 5) is 76.5. The largest absolute Gasteiger partial charge is 0.466 e. The number of aliphatic hydroxyl groups is 3. The number of carbonyl (C=O) groups excluding carboxylic acids is 3. The topological polar surface area (TPSA) is 274 Å². The van der Waals surface area contributed by atoms with Crippen LogP contribution in [0.4, 0.5) is 5.95 Å². The number of esters is 3. The predicted molar refractivity (Wildman–Crippen MR) is 387 cm³/mol. The van der Waals surface area contributed by atoms with Crippen molar-refractivity contribution in [2.24, 2.45) is 17.8 Å². The van der Waals surface area contributed by atoms with Gasteiger partial charge in [0.1, 0.15) is 18.3 Å². The molecule has 0 bridgehead atoms. The van der Waals surface area contributed by atoms with Crippen LogP contribution < -0.4 is 17.0 Å². The molecule has 96 heavy (non-hydrogen) atoms. The minimum atomic E-state index is -1.55. The molecule has 558 valence electrons. The lowest BCUT2D eigenvalue weighted by molar-refractivity contribution is -0.146. The van der Waals surface area contributed by atoms with Crippen molar-refractivity contribution in [3.63, 3.8) is 0 Å². The van der Waals surface area contributed by atoms with Crippen LogP contribution in [0.15, 0.2) is 9.59 Å². The molecule has 5 atom stereocenters. The second-order valence-corrected chi connectivity index (χ2v) is 29.3. The highest BCUT2D eigenvalue weighted by Crippen LogP contribution is 2.31. The van der Waals surface area contributed by atoms with Crippen molar-refractivity contribution in [2.45, 2.75) is 355 Å². The summed E-state index contributed by atoms with van der Waals surface area (Å²) in [5.41, 5.74) is 4.03. The number of H-pyrrole nitrogens is 2. The third kappa shape index (κ3) is 42.9. The maximum Gasteiger partial charge on any atom is 0.330 e. The van der Waals surface area contributed by atoms with Gasteiger partial charge in [-0.3, -0.25) is 29.1 Å². The molecule has 0 saturated carbocycles. The van der Waals surface area contributed by atoms with E-state index in [1.807, 2.05) is 0 Å². The second-order valence-electron chi connectivity index (χ2n) is 29.3. The van der Waals surface area contributed by atoms with E-state index in [0.29, 0.717) is 45.5 Å². The summed E-state index contributed by atoms with van der Waals surface area (Å²) in [7, 11) is 0. The van der Waals surface area contributed by atoms with Gasteiger partial charge in [-0.15, -0.1) is 0 Å². The summed E-state index contributed by atoms with van der Waals surface area (Å²) in [6.45, 7) is 21.2. The van der Waals surface area contributed by atoms with Gasteiger partial charge in [0.05, 0.1) is 26.4 Å². The average Bonchev–Trinajstić information content (AvgIpc) is 1.63. The molecule has 1 aliphatic heterocycles. The van der Waals surface area contributed by atoms with E-state index in [1.165, 1.54) is 103 Å². The molecule has 0 radical (unpaired) electrons. The van der Waals surface area contributed by atoms with E-state index < -0.39 is 42.1 Å². The van der Waals surface area contributed by atoms with Crippen molar-refractivity contribution >= 4 is 35.0 Å². The first kappa shape index (κ1) is 86.3. The Labute approximate surface area is 580 Å². The van der Waals surface area contributed by atoms with E-state index in [1.54, 1.807) is 0 Å². The van der Waals surface area contributed by atoms with Crippen LogP contribution in [0.3, 0.4) is 0 Å². The molecule has 0 amide bonds. The van der Waals surface area contributed by atoms with E-state index in [0.717, 1.165) is 216 Å². The monoisotopic (exact) mass is 1360 g/mol. The Balaban J connectivity index is 1.47. The average molecular weight is 1360 g/mol. The van der Waals surface area contributed by atoms with E-state index in [-0.39, 0.29) is 41.6 Å². The van der Waals surface area contributed by atoms with Gasteiger partial charge in [0.15, 0.2) is 23.7 Å². The third-order valence-corrected chi connectivity index (χ3v) is 18.9. The van der Waals surface area contributed by atoms with Crippen LogP contribution in [-0.4, -0.2) is 153 Å². The number of hydrogen-bond donors (Lipinski definition) is 6. The van der Waals surface area contributed by atoms with E-state index in [9.17, 15) is 39.3 Å². The van der Waals surface area contributed by atoms with Crippen molar-refractivity contribution in [1.29, 1.82) is 0 Å². The molecular formula is C76H141N7O13. The zero-order valence-corrected chi connectivity index (χ0v) is 61.6. The SMILES string of the molecule is CC(C)CCCCCCCOC(=O)CCCCCCCCN(CCCCCCCCC(=O)OCCCCCCCC(C)C)CCCN(CCCCCCCCC(=O)OCCCCCCCC(C)C)CCCCCC(O)OC[C@@H]1O[C@H](n2c(=O)[nH]c3c(=O)[nH]c(N)nc32)C(O)C1O. The molecule has 1 fully saturated rings. The molecule has 3 rings (SSSR count). The lowest BCUT2D eigenvalue weighted by Gasteiger charge is -2.26. The summed E-state index contributed by atoms with van der Waals surface area (Å²) < 4.78 is 29.2. The van der Waals surface area contributed by atoms with Gasteiger partial charge in [-0.05, 0) is 140 Å². The number of nitrogens with two attached hydrogens (primary N) is 1. The maximum absolute atomic E-state index is 12.9. The lowest BCUT2D eigenvalue weighted by atomic mass is 10.0. The molecule has 1 aliphatic rings. The zero-order valence-electron chi connectivity index (χ0n) is 61.6. The Morgan fingerprint density at radius 1 is 0.469 bits per heavy atom. The molecular weight excluding hydrogens is 1220 g/mol. The fourth-order valence-electron chi connectivity index (χ4n) is 12.9. The van der Waals surface area contributed by atoms with Crippen molar-refractivity contribution < 1.29 is 53.4 Å². The summed E-state index contributed by atoms with van der Waals surface area (Å²) in [6.07, 6.45) is 40.0. The highest BCUT2D eigenvalue weighted by molar-refractivity contribution is 5.71. The number of anilines is 1. The standard InChI is InChI=1S/C76H141N7O13/c1-61(2)44-29-16-13-25-40-57-92-65(84)47-32-19-7-10-22-36-51-81(52-37-23-11-8-20-33-48-66(85)93-58-41-26-14-17-30-45-62(3)4)55-43-56-82(53-38-24-12-9-21-34-49-67(86)94-59-42-27-15-18-31-46-63(5)6)54-39-28-35-50-68(87)95-60-64-70(88)71(89)74(96-64)83-72-69(78-76(83)91)73(90)80-75(77)79-72/h61-64,68,70-71,74,87-89H,7-60H2,1-6H3,(H,78,91)(H3,77,79,80,90)/t64-,68?,70?,71?,74-/m0/s1. The van der Waals surface area contributed by atoms with Gasteiger partial charge in [0.2, 0.25) is 5.95 Å². The predicted octanol–water partition coefficient (Wildman–Crippen LogP) is 15.3. The van der Waals surface area contributed by atoms with Crippen LogP contribution in [0.5, 0.6) is 0 Å². The van der Waals surface area contributed by atoms with Crippen LogP contribution in [-0.2, 0) is 38.1 Å². The number of unbranched alkanes of at least 4 members (excludes halogenated alkanes) is 29. The highest BCUT2D eigenvalue weighted by Gasteiger charge is 2.45. The van der Waals surface area contributed by atoms with Gasteiger partial charge >= 0.3 is 23.6 Å². The molecule has 3 unspecified atom stereocenters. The number of carbonyl (C=O) groups is 3. The van der Waals surface area contributed by atoms with Gasteiger partial charge in [-0.1, -0.05) is 221 Å². The number of nitrogens with one attached hydrogen (secondary N) is 2. The number of nitrogen functional groups attached to an aromatic ring is 1. The Kier molecular flexibility index (Phi) is 50.2. The molecule has 7 N–H and O–H groups in total. The number of nitrogens with zero attached hydrogens (tertiary/aromatic N) is 4. The first-order chi connectivity index (χ1) is 46.4. The summed E-state index contributed by atoms with van der Waals surface area (Å²) in [6, 6.07) is 0. The molecule has 20 nitrogen and oxygen atoms in total. The van der Waals surface area contributed by atoms with E-state index in [2.05, 4.69) is 66.3 Å². The Morgan fingerprint density at radius 3 is 1.20 bits per heavy atom. The van der Waals surface area contributed by atoms with Gasteiger partial charge in [0, 0.05) is 19.3 Å². The number of aromatic amines is 2. The molecule has 20 heteroatoms. The van der Waals surface area contributed by atoms with Crippen molar-refractivity contribution in [3.05, 3.63) is 20.8 Å². The number of fused-ring (bicyclic) bond motifs is 1. The first-order valence-electron chi connectivity index (χ1n) is 39.2. The van der Waals surface area contributed by atoms with Crippen LogP contribution in [0.25, 0.3) is 11.2 Å².